The summed E-state index contributed by atoms with van der Waals surface area (Å²) >= 11 is 0. The zero-order chi connectivity index (χ0) is 19.1. The summed E-state index contributed by atoms with van der Waals surface area (Å²) in [4.78, 5) is 17.6. The number of para-hydroxylation sites is 1. The summed E-state index contributed by atoms with van der Waals surface area (Å²) in [6.07, 6.45) is 5.45. The number of carbonyl (C=O) groups is 1. The van der Waals surface area contributed by atoms with Gasteiger partial charge in [0.05, 0.1) is 0 Å². The van der Waals surface area contributed by atoms with Gasteiger partial charge in [0, 0.05) is 55.8 Å². The van der Waals surface area contributed by atoms with E-state index in [-0.39, 0.29) is 11.6 Å². The number of nitrogens with zero attached hydrogens (tertiary/aromatic N) is 2. The molecule has 3 heterocycles. The first-order valence-electron chi connectivity index (χ1n) is 10.6. The summed E-state index contributed by atoms with van der Waals surface area (Å²) in [7, 11) is 0. The maximum Gasteiger partial charge on any atom is 0.164 e. The van der Waals surface area contributed by atoms with Crippen molar-refractivity contribution in [3.05, 3.63) is 65.0 Å². The lowest BCUT2D eigenvalue weighted by Crippen LogP contribution is -2.46. The summed E-state index contributed by atoms with van der Waals surface area (Å²) < 4.78 is 13.1. The van der Waals surface area contributed by atoms with E-state index in [0.29, 0.717) is 23.9 Å². The highest BCUT2D eigenvalue weighted by atomic mass is 19.1. The minimum Gasteiger partial charge on any atom is -0.367 e. The number of ketones is 1. The summed E-state index contributed by atoms with van der Waals surface area (Å²) in [5, 5.41) is 0. The van der Waals surface area contributed by atoms with Crippen LogP contribution >= 0.6 is 0 Å². The van der Waals surface area contributed by atoms with Crippen molar-refractivity contribution in [2.45, 2.75) is 44.1 Å². The molecule has 2 aromatic carbocycles. The third kappa shape index (κ3) is 3.14. The van der Waals surface area contributed by atoms with Crippen molar-refractivity contribution in [1.29, 1.82) is 0 Å². The lowest BCUT2D eigenvalue weighted by atomic mass is 9.88. The van der Waals surface area contributed by atoms with E-state index in [2.05, 4.69) is 28.0 Å². The highest BCUT2D eigenvalue weighted by Crippen LogP contribution is 2.47. The Labute approximate surface area is 166 Å². The van der Waals surface area contributed by atoms with Crippen LogP contribution in [-0.2, 0) is 6.42 Å². The first kappa shape index (κ1) is 17.9. The van der Waals surface area contributed by atoms with Gasteiger partial charge in [-0.25, -0.2) is 4.39 Å². The predicted molar refractivity (Wildman–Crippen MR) is 110 cm³/mol. The fourth-order valence-corrected chi connectivity index (χ4v) is 5.43. The second-order valence-corrected chi connectivity index (χ2v) is 8.45. The van der Waals surface area contributed by atoms with Crippen LogP contribution in [0, 0.1) is 5.82 Å². The molecule has 0 radical (unpaired) electrons. The molecule has 2 aromatic rings. The summed E-state index contributed by atoms with van der Waals surface area (Å²) in [5.41, 5.74) is 5.20. The van der Waals surface area contributed by atoms with Crippen LogP contribution in [0.15, 0.2) is 42.5 Å². The molecule has 4 heteroatoms. The maximum absolute atomic E-state index is 13.1. The Bertz CT molecular complexity index is 879. The van der Waals surface area contributed by atoms with Crippen LogP contribution in [0.25, 0.3) is 0 Å². The number of anilines is 1. The first-order valence-corrected chi connectivity index (χ1v) is 10.6. The minimum atomic E-state index is -0.296. The minimum absolute atomic E-state index is 0.104. The number of halogens is 1. The first-order chi connectivity index (χ1) is 13.7. The number of benzene rings is 2. The van der Waals surface area contributed by atoms with Gasteiger partial charge in [0.1, 0.15) is 5.82 Å². The molecule has 1 saturated heterocycles. The molecule has 0 saturated carbocycles. The number of carbonyl (C=O) groups excluding carboxylic acids is 1. The largest absolute Gasteiger partial charge is 0.367 e. The molecule has 0 aromatic heterocycles. The van der Waals surface area contributed by atoms with Gasteiger partial charge in [0.25, 0.3) is 0 Å². The number of piperidine rings is 1. The van der Waals surface area contributed by atoms with Gasteiger partial charge in [0.2, 0.25) is 0 Å². The van der Waals surface area contributed by atoms with E-state index in [1.54, 1.807) is 12.1 Å². The topological polar surface area (TPSA) is 23.6 Å². The number of rotatable bonds is 4. The van der Waals surface area contributed by atoms with Gasteiger partial charge in [-0.2, -0.15) is 0 Å². The van der Waals surface area contributed by atoms with Gasteiger partial charge in [-0.05, 0) is 61.1 Å². The number of aryl methyl sites for hydroxylation is 1. The van der Waals surface area contributed by atoms with Crippen LogP contribution in [0.5, 0.6) is 0 Å². The van der Waals surface area contributed by atoms with Gasteiger partial charge in [-0.15, -0.1) is 0 Å². The zero-order valence-corrected chi connectivity index (χ0v) is 16.2. The van der Waals surface area contributed by atoms with Crippen LogP contribution in [0.3, 0.4) is 0 Å². The number of likely N-dealkylation sites (tertiary alicyclic amines) is 1. The molecule has 28 heavy (non-hydrogen) atoms. The average Bonchev–Trinajstić information content (AvgIpc) is 2.88. The van der Waals surface area contributed by atoms with Gasteiger partial charge < -0.3 is 9.80 Å². The zero-order valence-electron chi connectivity index (χ0n) is 16.2. The van der Waals surface area contributed by atoms with E-state index in [1.807, 2.05) is 0 Å². The van der Waals surface area contributed by atoms with Crippen LogP contribution in [-0.4, -0.2) is 42.9 Å². The molecule has 1 fully saturated rings. The second kappa shape index (κ2) is 7.32. The average molecular weight is 378 g/mol. The highest BCUT2D eigenvalue weighted by Gasteiger charge is 2.42. The Morgan fingerprint density at radius 3 is 2.79 bits per heavy atom. The van der Waals surface area contributed by atoms with E-state index in [0.717, 1.165) is 19.6 Å². The molecule has 2 atom stereocenters. The Hall–Kier alpha value is -2.20. The molecule has 0 bridgehead atoms. The molecular weight excluding hydrogens is 351 g/mol. The Morgan fingerprint density at radius 2 is 1.93 bits per heavy atom. The molecule has 5 rings (SSSR count). The van der Waals surface area contributed by atoms with Crippen LogP contribution < -0.4 is 4.90 Å². The molecular formula is C24H27FN2O. The molecule has 0 amide bonds. The fourth-order valence-electron chi connectivity index (χ4n) is 5.43. The fraction of sp³-hybridized carbons (Fsp3) is 0.458. The Morgan fingerprint density at radius 1 is 1.07 bits per heavy atom. The summed E-state index contributed by atoms with van der Waals surface area (Å²) in [5.74, 6) is 0.366. The van der Waals surface area contributed by atoms with E-state index in [9.17, 15) is 9.18 Å². The molecule has 3 nitrogen and oxygen atoms in total. The normalized spacial score (nSPS) is 23.8. The Kier molecular flexibility index (Phi) is 4.67. The van der Waals surface area contributed by atoms with E-state index >= 15 is 0 Å². The summed E-state index contributed by atoms with van der Waals surface area (Å²) in [6, 6.07) is 13.4. The van der Waals surface area contributed by atoms with Crippen LogP contribution in [0.1, 0.15) is 53.1 Å². The predicted octanol–water partition coefficient (Wildman–Crippen LogP) is 4.41. The molecule has 3 aliphatic rings. The lowest BCUT2D eigenvalue weighted by Gasteiger charge is -2.39. The van der Waals surface area contributed by atoms with Crippen molar-refractivity contribution in [2.24, 2.45) is 0 Å². The number of hydrogen-bond donors (Lipinski definition) is 0. The molecule has 0 aliphatic carbocycles. The highest BCUT2D eigenvalue weighted by molar-refractivity contribution is 5.96. The molecule has 0 unspecified atom stereocenters. The van der Waals surface area contributed by atoms with Gasteiger partial charge in [-0.1, -0.05) is 18.2 Å². The number of fused-ring (bicyclic) bond motifs is 3. The van der Waals surface area contributed by atoms with Crippen molar-refractivity contribution in [3.63, 3.8) is 0 Å². The third-order valence-corrected chi connectivity index (χ3v) is 6.81. The van der Waals surface area contributed by atoms with Gasteiger partial charge in [-0.3, -0.25) is 4.79 Å². The SMILES string of the molecule is O=C(CCN1CC[C@H]2[C@@H](C1)c1cccc3c1N2CCCC3)c1ccc(F)cc1. The van der Waals surface area contributed by atoms with Crippen molar-refractivity contribution in [1.82, 2.24) is 4.90 Å². The van der Waals surface area contributed by atoms with Gasteiger partial charge >= 0.3 is 0 Å². The maximum atomic E-state index is 13.1. The van der Waals surface area contributed by atoms with E-state index < -0.39 is 0 Å². The van der Waals surface area contributed by atoms with Crippen molar-refractivity contribution >= 4 is 11.5 Å². The molecule has 3 aliphatic heterocycles. The van der Waals surface area contributed by atoms with Crippen LogP contribution in [0.2, 0.25) is 0 Å². The quantitative estimate of drug-likeness (QED) is 0.736. The standard InChI is InChI=1S/C24H27FN2O/c25-19-9-7-17(8-10-19)23(28)12-15-26-14-11-22-21(16-26)20-6-3-5-18-4-1-2-13-27(22)24(18)20/h3,5-10,21-22H,1-2,4,11-16H2/t21-,22-/m0/s1. The van der Waals surface area contributed by atoms with Crippen LogP contribution in [0.4, 0.5) is 10.1 Å². The van der Waals surface area contributed by atoms with Crippen molar-refractivity contribution < 1.29 is 9.18 Å². The monoisotopic (exact) mass is 378 g/mol. The van der Waals surface area contributed by atoms with Crippen molar-refractivity contribution in [2.75, 3.05) is 31.1 Å². The van der Waals surface area contributed by atoms with Crippen molar-refractivity contribution in [3.8, 4) is 0 Å². The van der Waals surface area contributed by atoms with Gasteiger partial charge in [0.15, 0.2) is 5.78 Å². The Balaban J connectivity index is 1.28. The smallest absolute Gasteiger partial charge is 0.164 e. The van der Waals surface area contributed by atoms with E-state index in [4.69, 9.17) is 0 Å². The third-order valence-electron chi connectivity index (χ3n) is 6.81. The summed E-state index contributed by atoms with van der Waals surface area (Å²) in [6.45, 7) is 4.06. The second-order valence-electron chi connectivity index (χ2n) is 8.45. The molecule has 146 valence electrons. The number of Topliss-reactive ketones (excluding diaryl/α,β-unsaturated/α-hetero) is 1. The molecule has 0 N–H and O–H groups in total. The lowest BCUT2D eigenvalue weighted by molar-refractivity contribution is 0.0952. The van der Waals surface area contributed by atoms with E-state index in [1.165, 1.54) is 61.2 Å². The number of hydrogen-bond acceptors (Lipinski definition) is 3. The molecule has 0 spiro atoms.